The van der Waals surface area contributed by atoms with Crippen molar-refractivity contribution in [2.75, 3.05) is 32.8 Å². The molecule has 294 valence electrons. The molecule has 5 aromatic rings. The Labute approximate surface area is 343 Å². The van der Waals surface area contributed by atoms with E-state index in [4.69, 9.17) is 9.47 Å². The summed E-state index contributed by atoms with van der Waals surface area (Å²) in [4.78, 5) is 54.6. The van der Waals surface area contributed by atoms with Crippen LogP contribution in [0.1, 0.15) is 64.8 Å². The van der Waals surface area contributed by atoms with Crippen LogP contribution in [-0.4, -0.2) is 83.4 Å². The number of phenols is 1. The van der Waals surface area contributed by atoms with E-state index in [0.29, 0.717) is 29.5 Å². The highest BCUT2D eigenvalue weighted by atomic mass is 79.9. The number of rotatable bonds is 13. The Bertz CT molecular complexity index is 2310. The lowest BCUT2D eigenvalue weighted by Gasteiger charge is -2.27. The van der Waals surface area contributed by atoms with E-state index in [1.54, 1.807) is 35.6 Å². The van der Waals surface area contributed by atoms with E-state index in [1.165, 1.54) is 0 Å². The molecule has 2 unspecified atom stereocenters. The minimum absolute atomic E-state index is 0.101. The highest BCUT2D eigenvalue weighted by Gasteiger charge is 2.44. The molecule has 0 saturated carbocycles. The Kier molecular flexibility index (Phi) is 11.7. The molecule has 57 heavy (non-hydrogen) atoms. The smallest absolute Gasteiger partial charge is 0.262 e. The van der Waals surface area contributed by atoms with E-state index in [1.807, 2.05) is 48.5 Å². The van der Waals surface area contributed by atoms with E-state index < -0.39 is 23.8 Å². The molecule has 0 aliphatic carbocycles. The number of phenolic OH excluding ortho intramolecular Hbond substituents is 1. The predicted molar refractivity (Wildman–Crippen MR) is 222 cm³/mol. The van der Waals surface area contributed by atoms with Crippen LogP contribution < -0.4 is 20.1 Å². The number of nitrogens with one attached hydrogen (secondary N) is 2. The molecule has 4 amide bonds. The third-order valence-electron chi connectivity index (χ3n) is 10.9. The molecule has 3 aliphatic heterocycles. The van der Waals surface area contributed by atoms with Gasteiger partial charge in [0.1, 0.15) is 29.9 Å². The molecular weight excluding hydrogens is 808 g/mol. The van der Waals surface area contributed by atoms with Gasteiger partial charge in [0.25, 0.3) is 11.8 Å². The molecule has 4 aromatic carbocycles. The Morgan fingerprint density at radius 2 is 1.63 bits per heavy atom. The maximum Gasteiger partial charge on any atom is 0.262 e. The monoisotopic (exact) mass is 850 g/mol. The summed E-state index contributed by atoms with van der Waals surface area (Å²) >= 11 is 5.11. The zero-order chi connectivity index (χ0) is 39.5. The standard InChI is InChI=1S/C44H43BrN4O7S/c45-29-8-6-28(7-9-29)41-40(35-16-10-31(50)26-38(35)57-41)56-33-13-11-32(12-14-33)55-24-23-48-21-19-30(46-20-22-48)4-2-1-3-27-5-15-34-36(25-27)44(54)49(43(34)53)37-17-18-39(51)47-42(37)52/h5-16,25-26,30,37,46,50H,1-4,17-24H2,(H,47,51,52). The number of halogens is 1. The number of carbonyl (C=O) groups excluding carboxylic acids is 4. The Hall–Kier alpha value is -5.08. The molecule has 3 aliphatic rings. The molecule has 2 atom stereocenters. The van der Waals surface area contributed by atoms with Crippen LogP contribution in [0.5, 0.6) is 23.0 Å². The van der Waals surface area contributed by atoms with Gasteiger partial charge in [0.15, 0.2) is 5.75 Å². The minimum Gasteiger partial charge on any atom is -0.508 e. The number of carbonyl (C=O) groups is 4. The average molecular weight is 852 g/mol. The normalized spacial score (nSPS) is 18.8. The minimum atomic E-state index is -0.955. The van der Waals surface area contributed by atoms with Crippen molar-refractivity contribution in [1.29, 1.82) is 0 Å². The highest BCUT2D eigenvalue weighted by Crippen LogP contribution is 2.47. The maximum atomic E-state index is 13.2. The third kappa shape index (κ3) is 8.76. The second kappa shape index (κ2) is 17.2. The van der Waals surface area contributed by atoms with Gasteiger partial charge in [-0.15, -0.1) is 11.3 Å². The fraction of sp³-hybridized carbons (Fsp3) is 0.318. The van der Waals surface area contributed by atoms with Gasteiger partial charge in [-0.1, -0.05) is 40.5 Å². The lowest BCUT2D eigenvalue weighted by molar-refractivity contribution is -0.136. The summed E-state index contributed by atoms with van der Waals surface area (Å²) in [6.45, 7) is 4.28. The van der Waals surface area contributed by atoms with Gasteiger partial charge in [0.2, 0.25) is 11.8 Å². The van der Waals surface area contributed by atoms with Crippen LogP contribution in [0.2, 0.25) is 0 Å². The predicted octanol–water partition coefficient (Wildman–Crippen LogP) is 7.69. The molecule has 0 bridgehead atoms. The first kappa shape index (κ1) is 38.8. The molecule has 13 heteroatoms. The van der Waals surface area contributed by atoms with Crippen LogP contribution in [0.25, 0.3) is 20.5 Å². The van der Waals surface area contributed by atoms with Crippen molar-refractivity contribution >= 4 is 61.0 Å². The van der Waals surface area contributed by atoms with Crippen LogP contribution in [0, 0.1) is 0 Å². The van der Waals surface area contributed by atoms with Gasteiger partial charge < -0.3 is 19.9 Å². The summed E-state index contributed by atoms with van der Waals surface area (Å²) in [7, 11) is 0. The van der Waals surface area contributed by atoms with E-state index in [-0.39, 0.29) is 24.5 Å². The number of piperidine rings is 1. The highest BCUT2D eigenvalue weighted by molar-refractivity contribution is 9.10. The van der Waals surface area contributed by atoms with Crippen molar-refractivity contribution in [3.05, 3.63) is 106 Å². The van der Waals surface area contributed by atoms with E-state index in [9.17, 15) is 24.3 Å². The van der Waals surface area contributed by atoms with Crippen LogP contribution in [-0.2, 0) is 16.0 Å². The number of hydrogen-bond acceptors (Lipinski definition) is 10. The van der Waals surface area contributed by atoms with Gasteiger partial charge in [0, 0.05) is 46.7 Å². The largest absolute Gasteiger partial charge is 0.508 e. The fourth-order valence-electron chi connectivity index (χ4n) is 7.81. The summed E-state index contributed by atoms with van der Waals surface area (Å²) in [5, 5.41) is 17.0. The number of ether oxygens (including phenoxy) is 2. The van der Waals surface area contributed by atoms with Crippen LogP contribution >= 0.6 is 27.3 Å². The second-order valence-electron chi connectivity index (χ2n) is 14.7. The number of aryl methyl sites for hydroxylation is 1. The number of thiophene rings is 1. The lowest BCUT2D eigenvalue weighted by atomic mass is 9.99. The maximum absolute atomic E-state index is 13.2. The zero-order valence-corrected chi connectivity index (χ0v) is 33.7. The van der Waals surface area contributed by atoms with Crippen molar-refractivity contribution in [3.63, 3.8) is 0 Å². The number of nitrogens with zero attached hydrogens (tertiary/aromatic N) is 2. The molecule has 3 N–H and O–H groups in total. The molecule has 8 rings (SSSR count). The molecular formula is C44H43BrN4O7S. The number of amides is 4. The van der Waals surface area contributed by atoms with Gasteiger partial charge in [-0.05, 0) is 117 Å². The number of imide groups is 2. The molecule has 2 fully saturated rings. The van der Waals surface area contributed by atoms with Crippen LogP contribution in [0.4, 0.5) is 0 Å². The van der Waals surface area contributed by atoms with Crippen LogP contribution in [0.3, 0.4) is 0 Å². The first-order valence-electron chi connectivity index (χ1n) is 19.4. The number of aromatic hydroxyl groups is 1. The Morgan fingerprint density at radius 1 is 0.842 bits per heavy atom. The number of unbranched alkanes of at least 4 members (excludes halogenated alkanes) is 1. The quantitative estimate of drug-likeness (QED) is 0.0805. The fourth-order valence-corrected chi connectivity index (χ4v) is 9.24. The first-order valence-corrected chi connectivity index (χ1v) is 21.0. The number of hydrogen-bond donors (Lipinski definition) is 3. The topological polar surface area (TPSA) is 138 Å². The first-order chi connectivity index (χ1) is 27.7. The molecule has 11 nitrogen and oxygen atoms in total. The number of fused-ring (bicyclic) bond motifs is 2. The molecule has 0 radical (unpaired) electrons. The SMILES string of the molecule is O=C1CCC(N2C(=O)c3ccc(CCCCC4CCN(CCOc5ccc(Oc6c(-c7ccc(Br)cc7)sc7cc(O)ccc67)cc5)CCN4)cc3C2=O)C(=O)N1. The summed E-state index contributed by atoms with van der Waals surface area (Å²) in [6.07, 6.45) is 5.14. The molecule has 2 saturated heterocycles. The van der Waals surface area contributed by atoms with E-state index in [0.717, 1.165) is 105 Å². The van der Waals surface area contributed by atoms with E-state index >= 15 is 0 Å². The van der Waals surface area contributed by atoms with Gasteiger partial charge in [-0.2, -0.15) is 0 Å². The second-order valence-corrected chi connectivity index (χ2v) is 16.7. The van der Waals surface area contributed by atoms with Crippen molar-refractivity contribution in [2.24, 2.45) is 0 Å². The summed E-state index contributed by atoms with van der Waals surface area (Å²) in [6, 6.07) is 26.0. The van der Waals surface area contributed by atoms with Gasteiger partial charge >= 0.3 is 0 Å². The molecule has 0 spiro atoms. The van der Waals surface area contributed by atoms with Gasteiger partial charge in [-0.3, -0.25) is 34.3 Å². The molecule has 1 aromatic heterocycles. The van der Waals surface area contributed by atoms with E-state index in [2.05, 4.69) is 43.6 Å². The van der Waals surface area contributed by atoms with Crippen molar-refractivity contribution in [1.82, 2.24) is 20.4 Å². The number of benzene rings is 4. The summed E-state index contributed by atoms with van der Waals surface area (Å²) in [5.41, 5.74) is 2.68. The van der Waals surface area contributed by atoms with Crippen molar-refractivity contribution in [2.45, 2.75) is 57.0 Å². The van der Waals surface area contributed by atoms with Crippen molar-refractivity contribution in [3.8, 4) is 33.4 Å². The Morgan fingerprint density at radius 3 is 2.44 bits per heavy atom. The van der Waals surface area contributed by atoms with Gasteiger partial charge in [-0.25, -0.2) is 0 Å². The third-order valence-corrected chi connectivity index (χ3v) is 12.6. The summed E-state index contributed by atoms with van der Waals surface area (Å²) in [5.74, 6) is 0.544. The average Bonchev–Trinajstić information content (AvgIpc) is 3.55. The van der Waals surface area contributed by atoms with Crippen LogP contribution in [0.15, 0.2) is 89.4 Å². The summed E-state index contributed by atoms with van der Waals surface area (Å²) < 4.78 is 14.6. The zero-order valence-electron chi connectivity index (χ0n) is 31.3. The lowest BCUT2D eigenvalue weighted by Crippen LogP contribution is -2.54. The Balaban J connectivity index is 0.771. The van der Waals surface area contributed by atoms with Crippen molar-refractivity contribution < 1.29 is 33.8 Å². The molecule has 4 heterocycles. The van der Waals surface area contributed by atoms with Gasteiger partial charge in [0.05, 0.1) is 16.0 Å².